The number of hydrogen-bond acceptors (Lipinski definition) is 2. The lowest BCUT2D eigenvalue weighted by atomic mass is 9.93. The highest BCUT2D eigenvalue weighted by molar-refractivity contribution is 5.96. The Morgan fingerprint density at radius 1 is 0.947 bits per heavy atom. The predicted molar refractivity (Wildman–Crippen MR) is 79.8 cm³/mol. The van der Waals surface area contributed by atoms with Gasteiger partial charge in [-0.3, -0.25) is 4.98 Å². The van der Waals surface area contributed by atoms with E-state index in [4.69, 9.17) is 5.73 Å². The summed E-state index contributed by atoms with van der Waals surface area (Å²) < 4.78 is 0. The Kier molecular flexibility index (Phi) is 3.02. The van der Waals surface area contributed by atoms with Crippen molar-refractivity contribution < 1.29 is 0 Å². The zero-order chi connectivity index (χ0) is 13.2. The summed E-state index contributed by atoms with van der Waals surface area (Å²) >= 11 is 0. The normalized spacial score (nSPS) is 12.5. The van der Waals surface area contributed by atoms with Gasteiger partial charge in [0.25, 0.3) is 0 Å². The third-order valence-corrected chi connectivity index (χ3v) is 3.43. The van der Waals surface area contributed by atoms with Crippen LogP contribution in [0.3, 0.4) is 0 Å². The molecule has 2 heteroatoms. The number of benzene rings is 2. The lowest BCUT2D eigenvalue weighted by molar-refractivity contribution is 0.820. The van der Waals surface area contributed by atoms with E-state index in [0.717, 1.165) is 5.39 Å². The van der Waals surface area contributed by atoms with Gasteiger partial charge in [0.15, 0.2) is 0 Å². The van der Waals surface area contributed by atoms with Gasteiger partial charge < -0.3 is 5.73 Å². The molecule has 0 fully saturated rings. The van der Waals surface area contributed by atoms with E-state index in [-0.39, 0.29) is 6.04 Å². The largest absolute Gasteiger partial charge is 0.324 e. The summed E-state index contributed by atoms with van der Waals surface area (Å²) in [4.78, 5) is 4.24. The number of aromatic nitrogens is 1. The van der Waals surface area contributed by atoms with E-state index < -0.39 is 0 Å². The molecule has 0 aliphatic carbocycles. The summed E-state index contributed by atoms with van der Waals surface area (Å²) in [5.74, 6) is 0. The van der Waals surface area contributed by atoms with Crippen LogP contribution < -0.4 is 5.73 Å². The topological polar surface area (TPSA) is 38.9 Å². The fraction of sp³-hybridized carbons (Fsp3) is 0.118. The quantitative estimate of drug-likeness (QED) is 0.746. The summed E-state index contributed by atoms with van der Waals surface area (Å²) in [6.07, 6.45) is 3.74. The Morgan fingerprint density at radius 3 is 2.58 bits per heavy atom. The van der Waals surface area contributed by atoms with Crippen LogP contribution in [-0.4, -0.2) is 4.98 Å². The molecule has 0 bridgehead atoms. The Bertz CT molecular complexity index is 712. The molecule has 19 heavy (non-hydrogen) atoms. The van der Waals surface area contributed by atoms with E-state index >= 15 is 0 Å². The van der Waals surface area contributed by atoms with Gasteiger partial charge in [-0.25, -0.2) is 0 Å². The molecule has 1 aromatic heterocycles. The van der Waals surface area contributed by atoms with Crippen LogP contribution in [0, 0.1) is 0 Å². The van der Waals surface area contributed by atoms with Crippen molar-refractivity contribution in [2.24, 2.45) is 5.73 Å². The maximum atomic E-state index is 6.08. The molecule has 3 rings (SSSR count). The van der Waals surface area contributed by atoms with Crippen LogP contribution in [0.1, 0.15) is 18.5 Å². The molecule has 0 aliphatic rings. The van der Waals surface area contributed by atoms with E-state index in [1.54, 1.807) is 0 Å². The molecule has 0 saturated heterocycles. The predicted octanol–water partition coefficient (Wildman–Crippen LogP) is 3.92. The Balaban J connectivity index is 2.31. The molecule has 2 aromatic carbocycles. The van der Waals surface area contributed by atoms with Crippen LogP contribution >= 0.6 is 0 Å². The highest BCUT2D eigenvalue weighted by Gasteiger charge is 2.10. The van der Waals surface area contributed by atoms with Gasteiger partial charge in [0.05, 0.1) is 0 Å². The van der Waals surface area contributed by atoms with Crippen molar-refractivity contribution in [1.29, 1.82) is 0 Å². The molecule has 0 radical (unpaired) electrons. The molecule has 0 amide bonds. The van der Waals surface area contributed by atoms with E-state index in [1.807, 2.05) is 31.5 Å². The zero-order valence-electron chi connectivity index (χ0n) is 10.9. The monoisotopic (exact) mass is 248 g/mol. The first-order chi connectivity index (χ1) is 9.27. The molecule has 1 unspecified atom stereocenters. The average Bonchev–Trinajstić information content (AvgIpc) is 2.46. The number of rotatable bonds is 2. The van der Waals surface area contributed by atoms with E-state index in [9.17, 15) is 0 Å². The average molecular weight is 248 g/mol. The van der Waals surface area contributed by atoms with Crippen LogP contribution in [0.2, 0.25) is 0 Å². The molecule has 3 aromatic rings. The Morgan fingerprint density at radius 2 is 1.74 bits per heavy atom. The fourth-order valence-electron chi connectivity index (χ4n) is 2.49. The summed E-state index contributed by atoms with van der Waals surface area (Å²) in [7, 11) is 0. The van der Waals surface area contributed by atoms with Gasteiger partial charge in [0.2, 0.25) is 0 Å². The molecular weight excluding hydrogens is 232 g/mol. The third-order valence-electron chi connectivity index (χ3n) is 3.43. The van der Waals surface area contributed by atoms with E-state index in [1.165, 1.54) is 22.1 Å². The highest BCUT2D eigenvalue weighted by atomic mass is 14.6. The first kappa shape index (κ1) is 11.9. The molecule has 0 aliphatic heterocycles. The van der Waals surface area contributed by atoms with E-state index in [0.29, 0.717) is 0 Å². The number of nitrogens with two attached hydrogens (primary N) is 1. The minimum absolute atomic E-state index is 0.0168. The second-order valence-electron chi connectivity index (χ2n) is 4.78. The van der Waals surface area contributed by atoms with Crippen molar-refractivity contribution in [1.82, 2.24) is 4.98 Å². The fourth-order valence-corrected chi connectivity index (χ4v) is 2.49. The second kappa shape index (κ2) is 4.82. The van der Waals surface area contributed by atoms with Gasteiger partial charge in [0.1, 0.15) is 0 Å². The minimum atomic E-state index is 0.0168. The van der Waals surface area contributed by atoms with Gasteiger partial charge >= 0.3 is 0 Å². The number of pyridine rings is 1. The van der Waals surface area contributed by atoms with Crippen LogP contribution in [-0.2, 0) is 0 Å². The number of fused-ring (bicyclic) bond motifs is 1. The standard InChI is InChI=1S/C17H16N2/c1-12(18)14-6-2-3-7-15(14)16-8-4-5-13-9-10-19-11-17(13)16/h2-12H,18H2,1H3. The van der Waals surface area contributed by atoms with Crippen LogP contribution in [0.15, 0.2) is 60.9 Å². The van der Waals surface area contributed by atoms with Crippen LogP contribution in [0.4, 0.5) is 0 Å². The van der Waals surface area contributed by atoms with Crippen molar-refractivity contribution in [3.05, 3.63) is 66.5 Å². The number of nitrogens with zero attached hydrogens (tertiary/aromatic N) is 1. The minimum Gasteiger partial charge on any atom is -0.324 e. The van der Waals surface area contributed by atoms with Crippen molar-refractivity contribution in [3.8, 4) is 11.1 Å². The van der Waals surface area contributed by atoms with Gasteiger partial charge in [-0.2, -0.15) is 0 Å². The Labute approximate surface area is 112 Å². The first-order valence-corrected chi connectivity index (χ1v) is 6.45. The molecular formula is C17H16N2. The van der Waals surface area contributed by atoms with Crippen molar-refractivity contribution in [3.63, 3.8) is 0 Å². The van der Waals surface area contributed by atoms with Crippen molar-refractivity contribution in [2.45, 2.75) is 13.0 Å². The van der Waals surface area contributed by atoms with Gasteiger partial charge in [-0.05, 0) is 35.1 Å². The van der Waals surface area contributed by atoms with Crippen LogP contribution in [0.25, 0.3) is 21.9 Å². The molecule has 2 nitrogen and oxygen atoms in total. The second-order valence-corrected chi connectivity index (χ2v) is 4.78. The molecule has 2 N–H and O–H groups in total. The van der Waals surface area contributed by atoms with E-state index in [2.05, 4.69) is 41.4 Å². The SMILES string of the molecule is CC(N)c1ccccc1-c1cccc2ccncc12. The smallest absolute Gasteiger partial charge is 0.0352 e. The third kappa shape index (κ3) is 2.11. The van der Waals surface area contributed by atoms with Crippen LogP contribution in [0.5, 0.6) is 0 Å². The van der Waals surface area contributed by atoms with Crippen molar-refractivity contribution in [2.75, 3.05) is 0 Å². The first-order valence-electron chi connectivity index (χ1n) is 6.45. The maximum absolute atomic E-state index is 6.08. The lowest BCUT2D eigenvalue weighted by Gasteiger charge is -2.14. The molecule has 94 valence electrons. The lowest BCUT2D eigenvalue weighted by Crippen LogP contribution is -2.06. The summed E-state index contributed by atoms with van der Waals surface area (Å²) in [5.41, 5.74) is 9.63. The van der Waals surface area contributed by atoms with Gasteiger partial charge in [-0.15, -0.1) is 0 Å². The van der Waals surface area contributed by atoms with Crippen molar-refractivity contribution >= 4 is 10.8 Å². The van der Waals surface area contributed by atoms with Gasteiger partial charge in [0, 0.05) is 23.8 Å². The summed E-state index contributed by atoms with van der Waals surface area (Å²) in [5, 5.41) is 2.37. The molecule has 1 atom stereocenters. The molecule has 1 heterocycles. The number of hydrogen-bond donors (Lipinski definition) is 1. The molecule has 0 spiro atoms. The van der Waals surface area contributed by atoms with Gasteiger partial charge in [-0.1, -0.05) is 42.5 Å². The summed E-state index contributed by atoms with van der Waals surface area (Å²) in [6, 6.07) is 16.7. The molecule has 0 saturated carbocycles. The maximum Gasteiger partial charge on any atom is 0.0352 e. The Hall–Kier alpha value is -2.19. The zero-order valence-corrected chi connectivity index (χ0v) is 10.9. The summed E-state index contributed by atoms with van der Waals surface area (Å²) in [6.45, 7) is 2.02. The highest BCUT2D eigenvalue weighted by Crippen LogP contribution is 2.32.